The summed E-state index contributed by atoms with van der Waals surface area (Å²) in [6.45, 7) is 0. The molecule has 0 bridgehead atoms. The molecule has 1 aromatic heterocycles. The van der Waals surface area contributed by atoms with Crippen molar-refractivity contribution in [1.29, 1.82) is 5.26 Å². The summed E-state index contributed by atoms with van der Waals surface area (Å²) in [4.78, 5) is 12.1. The molecule has 0 saturated heterocycles. The van der Waals surface area contributed by atoms with Crippen LogP contribution in [0, 0.1) is 17.1 Å². The van der Waals surface area contributed by atoms with Crippen molar-refractivity contribution in [3.8, 4) is 11.8 Å². The Morgan fingerprint density at radius 1 is 1.25 bits per heavy atom. The van der Waals surface area contributed by atoms with Crippen molar-refractivity contribution in [2.45, 2.75) is 6.42 Å². The van der Waals surface area contributed by atoms with Gasteiger partial charge in [-0.05, 0) is 46.3 Å². The van der Waals surface area contributed by atoms with Gasteiger partial charge in [0.15, 0.2) is 0 Å². The van der Waals surface area contributed by atoms with E-state index in [9.17, 15) is 9.18 Å². The average Bonchev–Trinajstić information content (AvgIpc) is 3.12. The molecular weight excluding hydrogens is 311 g/mol. The van der Waals surface area contributed by atoms with Crippen LogP contribution in [0.25, 0.3) is 5.69 Å². The molecule has 0 spiro atoms. The van der Waals surface area contributed by atoms with Gasteiger partial charge in [0.25, 0.3) is 0 Å². The highest BCUT2D eigenvalue weighted by Crippen LogP contribution is 2.15. The number of aromatic nitrogens is 4. The smallest absolute Gasteiger partial charge is 0.228 e. The molecule has 8 heteroatoms. The molecule has 1 heterocycles. The van der Waals surface area contributed by atoms with Crippen molar-refractivity contribution in [2.24, 2.45) is 0 Å². The van der Waals surface area contributed by atoms with Gasteiger partial charge >= 0.3 is 0 Å². The molecule has 0 aliphatic rings. The van der Waals surface area contributed by atoms with E-state index in [2.05, 4.69) is 20.8 Å². The number of amides is 1. The highest BCUT2D eigenvalue weighted by molar-refractivity contribution is 5.92. The molecule has 0 saturated carbocycles. The van der Waals surface area contributed by atoms with Crippen molar-refractivity contribution >= 4 is 11.6 Å². The summed E-state index contributed by atoms with van der Waals surface area (Å²) >= 11 is 0. The first-order valence-corrected chi connectivity index (χ1v) is 6.97. The molecule has 118 valence electrons. The molecule has 0 atom stereocenters. The Balaban J connectivity index is 1.66. The van der Waals surface area contributed by atoms with E-state index >= 15 is 0 Å². The van der Waals surface area contributed by atoms with Crippen molar-refractivity contribution in [3.05, 3.63) is 65.7 Å². The molecule has 0 fully saturated rings. The van der Waals surface area contributed by atoms with Crippen LogP contribution in [0.4, 0.5) is 10.1 Å². The zero-order valence-corrected chi connectivity index (χ0v) is 12.3. The standard InChI is InChI=1S/C16H11FN6O/c17-15-6-3-13(8-12(15)9-18)20-16(24)7-11-1-4-14(5-2-11)23-10-19-21-22-23/h1-6,8,10H,7H2,(H,20,24). The maximum Gasteiger partial charge on any atom is 0.228 e. The lowest BCUT2D eigenvalue weighted by atomic mass is 10.1. The van der Waals surface area contributed by atoms with E-state index in [0.29, 0.717) is 5.69 Å². The van der Waals surface area contributed by atoms with Crippen LogP contribution in [-0.2, 0) is 11.2 Å². The first-order chi connectivity index (χ1) is 11.7. The van der Waals surface area contributed by atoms with E-state index in [4.69, 9.17) is 5.26 Å². The molecule has 3 rings (SSSR count). The fraction of sp³-hybridized carbons (Fsp3) is 0.0625. The van der Waals surface area contributed by atoms with Gasteiger partial charge < -0.3 is 5.32 Å². The summed E-state index contributed by atoms with van der Waals surface area (Å²) in [5, 5.41) is 22.3. The fourth-order valence-electron chi connectivity index (χ4n) is 2.13. The van der Waals surface area contributed by atoms with E-state index in [-0.39, 0.29) is 17.9 Å². The molecule has 7 nitrogen and oxygen atoms in total. The highest BCUT2D eigenvalue weighted by atomic mass is 19.1. The molecular formula is C16H11FN6O. The largest absolute Gasteiger partial charge is 0.326 e. The topological polar surface area (TPSA) is 96.5 Å². The molecule has 3 aromatic rings. The van der Waals surface area contributed by atoms with Crippen molar-refractivity contribution in [3.63, 3.8) is 0 Å². The molecule has 0 radical (unpaired) electrons. The number of tetrazole rings is 1. The van der Waals surface area contributed by atoms with E-state index < -0.39 is 5.82 Å². The Morgan fingerprint density at radius 3 is 2.71 bits per heavy atom. The van der Waals surface area contributed by atoms with Crippen LogP contribution in [0.2, 0.25) is 0 Å². The van der Waals surface area contributed by atoms with Crippen LogP contribution in [0.5, 0.6) is 0 Å². The summed E-state index contributed by atoms with van der Waals surface area (Å²) in [6.07, 6.45) is 1.62. The van der Waals surface area contributed by atoms with Crippen molar-refractivity contribution in [2.75, 3.05) is 5.32 Å². The van der Waals surface area contributed by atoms with Crippen LogP contribution in [-0.4, -0.2) is 26.1 Å². The zero-order valence-electron chi connectivity index (χ0n) is 12.3. The summed E-state index contributed by atoms with van der Waals surface area (Å²) in [5.74, 6) is -0.880. The predicted molar refractivity (Wildman–Crippen MR) is 82.6 cm³/mol. The van der Waals surface area contributed by atoms with Gasteiger partial charge in [0, 0.05) is 5.69 Å². The molecule has 0 aliphatic carbocycles. The number of nitrogens with one attached hydrogen (secondary N) is 1. The number of anilines is 1. The third-order valence-corrected chi connectivity index (χ3v) is 3.29. The minimum atomic E-state index is -0.617. The quantitative estimate of drug-likeness (QED) is 0.791. The second kappa shape index (κ2) is 6.66. The lowest BCUT2D eigenvalue weighted by Gasteiger charge is -2.07. The summed E-state index contributed by atoms with van der Waals surface area (Å²) in [5.41, 5.74) is 1.84. The molecule has 1 amide bonds. The Labute approximate surface area is 136 Å². The van der Waals surface area contributed by atoms with Crippen LogP contribution in [0.3, 0.4) is 0 Å². The van der Waals surface area contributed by atoms with Gasteiger partial charge in [-0.15, -0.1) is 5.10 Å². The van der Waals surface area contributed by atoms with Gasteiger partial charge in [0.2, 0.25) is 5.91 Å². The van der Waals surface area contributed by atoms with E-state index in [1.165, 1.54) is 23.1 Å². The van der Waals surface area contributed by atoms with Gasteiger partial charge in [-0.2, -0.15) is 5.26 Å². The first-order valence-electron chi connectivity index (χ1n) is 6.97. The van der Waals surface area contributed by atoms with E-state index in [0.717, 1.165) is 17.3 Å². The van der Waals surface area contributed by atoms with Crippen LogP contribution < -0.4 is 5.32 Å². The minimum absolute atomic E-state index is 0.112. The predicted octanol–water partition coefficient (Wildman–Crippen LogP) is 1.85. The van der Waals surface area contributed by atoms with Gasteiger partial charge in [-0.1, -0.05) is 12.1 Å². The number of benzene rings is 2. The Morgan fingerprint density at radius 2 is 2.04 bits per heavy atom. The number of hydrogen-bond acceptors (Lipinski definition) is 5. The maximum atomic E-state index is 13.3. The number of rotatable bonds is 4. The molecule has 1 N–H and O–H groups in total. The Bertz CT molecular complexity index is 899. The van der Waals surface area contributed by atoms with Crippen LogP contribution in [0.15, 0.2) is 48.8 Å². The van der Waals surface area contributed by atoms with Crippen LogP contribution in [0.1, 0.15) is 11.1 Å². The van der Waals surface area contributed by atoms with E-state index in [1.54, 1.807) is 30.3 Å². The third kappa shape index (κ3) is 3.41. The zero-order chi connectivity index (χ0) is 16.9. The molecule has 0 aliphatic heterocycles. The monoisotopic (exact) mass is 322 g/mol. The molecule has 2 aromatic carbocycles. The maximum absolute atomic E-state index is 13.3. The number of nitriles is 1. The number of halogens is 1. The number of carbonyl (C=O) groups is 1. The SMILES string of the molecule is N#Cc1cc(NC(=O)Cc2ccc(-n3cnnn3)cc2)ccc1F. The minimum Gasteiger partial charge on any atom is -0.326 e. The number of hydrogen-bond donors (Lipinski definition) is 1. The third-order valence-electron chi connectivity index (χ3n) is 3.29. The van der Waals surface area contributed by atoms with Gasteiger partial charge in [-0.25, -0.2) is 9.07 Å². The summed E-state index contributed by atoms with van der Waals surface area (Å²) in [7, 11) is 0. The lowest BCUT2D eigenvalue weighted by molar-refractivity contribution is -0.115. The lowest BCUT2D eigenvalue weighted by Crippen LogP contribution is -2.14. The fourth-order valence-corrected chi connectivity index (χ4v) is 2.13. The van der Waals surface area contributed by atoms with Gasteiger partial charge in [-0.3, -0.25) is 4.79 Å². The second-order valence-electron chi connectivity index (χ2n) is 4.95. The Hall–Kier alpha value is -3.60. The molecule has 0 unspecified atom stereocenters. The highest BCUT2D eigenvalue weighted by Gasteiger charge is 2.08. The first kappa shape index (κ1) is 15.3. The summed E-state index contributed by atoms with van der Waals surface area (Å²) in [6, 6.07) is 12.8. The number of carbonyl (C=O) groups excluding carboxylic acids is 1. The Kier molecular flexibility index (Phi) is 4.25. The van der Waals surface area contributed by atoms with Gasteiger partial charge in [0.05, 0.1) is 17.7 Å². The van der Waals surface area contributed by atoms with Crippen LogP contribution >= 0.6 is 0 Å². The normalized spacial score (nSPS) is 10.2. The summed E-state index contributed by atoms with van der Waals surface area (Å²) < 4.78 is 14.8. The molecule has 24 heavy (non-hydrogen) atoms. The van der Waals surface area contributed by atoms with Crippen molar-refractivity contribution < 1.29 is 9.18 Å². The van der Waals surface area contributed by atoms with E-state index in [1.807, 2.05) is 0 Å². The van der Waals surface area contributed by atoms with Crippen molar-refractivity contribution in [1.82, 2.24) is 20.2 Å². The van der Waals surface area contributed by atoms with Gasteiger partial charge in [0.1, 0.15) is 18.2 Å². The number of nitrogens with zero attached hydrogens (tertiary/aromatic N) is 5. The average molecular weight is 322 g/mol. The second-order valence-corrected chi connectivity index (χ2v) is 4.95.